The summed E-state index contributed by atoms with van der Waals surface area (Å²) in [4.78, 5) is 27.3. The van der Waals surface area contributed by atoms with E-state index in [1.165, 1.54) is 24.5 Å². The van der Waals surface area contributed by atoms with Gasteiger partial charge in [0.2, 0.25) is 5.91 Å². The summed E-state index contributed by atoms with van der Waals surface area (Å²) in [5, 5.41) is 2.67. The third-order valence-corrected chi connectivity index (χ3v) is 3.25. The molecular weight excluding hydrogens is 285 g/mol. The van der Waals surface area contributed by atoms with Crippen molar-refractivity contribution in [2.24, 2.45) is 11.7 Å². The molecule has 6 heteroatoms. The molecule has 5 nitrogen and oxygen atoms in total. The van der Waals surface area contributed by atoms with Gasteiger partial charge in [0.05, 0.1) is 5.92 Å². The number of rotatable bonds is 6. The number of benzene rings is 1. The molecule has 1 heterocycles. The number of carbonyl (C=O) groups is 2. The Bertz CT molecular complexity index is 644. The predicted octanol–water partition coefficient (Wildman–Crippen LogP) is 1.29. The minimum Gasteiger partial charge on any atom is -0.369 e. The van der Waals surface area contributed by atoms with Crippen LogP contribution in [-0.2, 0) is 11.2 Å². The molecule has 0 radical (unpaired) electrons. The molecular formula is C16H16FN3O2. The van der Waals surface area contributed by atoms with E-state index in [9.17, 15) is 14.0 Å². The molecule has 1 aromatic carbocycles. The SMILES string of the molecule is NC(=O)[C@H](CNC(=O)c1ccncc1)Cc1ccc(F)cc1. The lowest BCUT2D eigenvalue weighted by atomic mass is 9.98. The average molecular weight is 301 g/mol. The lowest BCUT2D eigenvalue weighted by Gasteiger charge is -2.14. The highest BCUT2D eigenvalue weighted by atomic mass is 19.1. The van der Waals surface area contributed by atoms with Crippen molar-refractivity contribution in [3.05, 3.63) is 65.7 Å². The van der Waals surface area contributed by atoms with E-state index in [0.29, 0.717) is 12.0 Å². The summed E-state index contributed by atoms with van der Waals surface area (Å²) in [6.07, 6.45) is 3.37. The van der Waals surface area contributed by atoms with E-state index in [1.807, 2.05) is 0 Å². The minimum atomic E-state index is -0.559. The summed E-state index contributed by atoms with van der Waals surface area (Å²) in [5.41, 5.74) is 6.60. The lowest BCUT2D eigenvalue weighted by Crippen LogP contribution is -2.37. The second kappa shape index (κ2) is 7.31. The van der Waals surface area contributed by atoms with Crippen LogP contribution in [0.1, 0.15) is 15.9 Å². The second-order valence-corrected chi connectivity index (χ2v) is 4.88. The van der Waals surface area contributed by atoms with E-state index in [0.717, 1.165) is 5.56 Å². The number of halogens is 1. The largest absolute Gasteiger partial charge is 0.369 e. The highest BCUT2D eigenvalue weighted by Gasteiger charge is 2.17. The van der Waals surface area contributed by atoms with Gasteiger partial charge < -0.3 is 11.1 Å². The molecule has 0 bridgehead atoms. The summed E-state index contributed by atoms with van der Waals surface area (Å²) in [7, 11) is 0. The first-order valence-electron chi connectivity index (χ1n) is 6.78. The van der Waals surface area contributed by atoms with Crippen molar-refractivity contribution in [3.63, 3.8) is 0 Å². The van der Waals surface area contributed by atoms with Gasteiger partial charge in [-0.3, -0.25) is 14.6 Å². The Kier molecular flexibility index (Phi) is 5.19. The summed E-state index contributed by atoms with van der Waals surface area (Å²) in [6.45, 7) is 0.119. The maximum absolute atomic E-state index is 12.9. The van der Waals surface area contributed by atoms with Crippen LogP contribution in [-0.4, -0.2) is 23.3 Å². The van der Waals surface area contributed by atoms with Crippen molar-refractivity contribution in [1.29, 1.82) is 0 Å². The number of nitrogens with one attached hydrogen (secondary N) is 1. The first kappa shape index (κ1) is 15.6. The number of hydrogen-bond acceptors (Lipinski definition) is 3. The first-order chi connectivity index (χ1) is 10.6. The Hall–Kier alpha value is -2.76. The zero-order chi connectivity index (χ0) is 15.9. The number of primary amides is 1. The van der Waals surface area contributed by atoms with Crippen molar-refractivity contribution < 1.29 is 14.0 Å². The highest BCUT2D eigenvalue weighted by molar-refractivity contribution is 5.94. The Labute approximate surface area is 127 Å². The summed E-state index contributed by atoms with van der Waals surface area (Å²) >= 11 is 0. The number of aromatic nitrogens is 1. The van der Waals surface area contributed by atoms with Gasteiger partial charge in [0.15, 0.2) is 0 Å². The van der Waals surface area contributed by atoms with Gasteiger partial charge in [0.1, 0.15) is 5.82 Å². The fourth-order valence-electron chi connectivity index (χ4n) is 2.00. The van der Waals surface area contributed by atoms with Gasteiger partial charge >= 0.3 is 0 Å². The molecule has 22 heavy (non-hydrogen) atoms. The van der Waals surface area contributed by atoms with Crippen molar-refractivity contribution >= 4 is 11.8 Å². The molecule has 0 saturated carbocycles. The third kappa shape index (κ3) is 4.37. The van der Waals surface area contributed by atoms with Crippen molar-refractivity contribution in [2.75, 3.05) is 6.54 Å². The highest BCUT2D eigenvalue weighted by Crippen LogP contribution is 2.10. The monoisotopic (exact) mass is 301 g/mol. The quantitative estimate of drug-likeness (QED) is 0.843. The van der Waals surface area contributed by atoms with E-state index >= 15 is 0 Å². The molecule has 0 aliphatic carbocycles. The topological polar surface area (TPSA) is 85.1 Å². The van der Waals surface area contributed by atoms with Crippen LogP contribution < -0.4 is 11.1 Å². The van der Waals surface area contributed by atoms with Crippen LogP contribution in [0.5, 0.6) is 0 Å². The zero-order valence-electron chi connectivity index (χ0n) is 11.8. The molecule has 114 valence electrons. The number of hydrogen-bond donors (Lipinski definition) is 2. The van der Waals surface area contributed by atoms with Gasteiger partial charge in [-0.2, -0.15) is 0 Å². The molecule has 2 rings (SSSR count). The van der Waals surface area contributed by atoms with Crippen LogP contribution in [0.15, 0.2) is 48.8 Å². The van der Waals surface area contributed by atoms with Gasteiger partial charge in [-0.25, -0.2) is 4.39 Å². The first-order valence-corrected chi connectivity index (χ1v) is 6.78. The average Bonchev–Trinajstić information content (AvgIpc) is 2.53. The molecule has 3 N–H and O–H groups in total. The minimum absolute atomic E-state index is 0.119. The molecule has 0 spiro atoms. The fourth-order valence-corrected chi connectivity index (χ4v) is 2.00. The molecule has 1 aromatic heterocycles. The lowest BCUT2D eigenvalue weighted by molar-refractivity contribution is -0.121. The van der Waals surface area contributed by atoms with Crippen LogP contribution in [0, 0.1) is 11.7 Å². The van der Waals surface area contributed by atoms with E-state index in [4.69, 9.17) is 5.73 Å². The number of nitrogens with two attached hydrogens (primary N) is 1. The van der Waals surface area contributed by atoms with Gasteiger partial charge in [0, 0.05) is 24.5 Å². The Balaban J connectivity index is 1.96. The molecule has 1 atom stereocenters. The van der Waals surface area contributed by atoms with Gasteiger partial charge in [-0.05, 0) is 36.2 Å². The standard InChI is InChI=1S/C16H16FN3O2/c17-14-3-1-11(2-4-14)9-13(15(18)21)10-20-16(22)12-5-7-19-8-6-12/h1-8,13H,9-10H2,(H2,18,21)(H,20,22)/t13-/m0/s1. The van der Waals surface area contributed by atoms with Crippen LogP contribution in [0.3, 0.4) is 0 Å². The van der Waals surface area contributed by atoms with E-state index in [-0.39, 0.29) is 18.3 Å². The summed E-state index contributed by atoms with van der Waals surface area (Å²) in [5.74, 6) is -1.71. The molecule has 2 aromatic rings. The van der Waals surface area contributed by atoms with Crippen LogP contribution >= 0.6 is 0 Å². The molecule has 0 aliphatic heterocycles. The molecule has 0 saturated heterocycles. The Morgan fingerprint density at radius 3 is 2.36 bits per heavy atom. The summed E-state index contributed by atoms with van der Waals surface area (Å²) < 4.78 is 12.9. The third-order valence-electron chi connectivity index (χ3n) is 3.25. The van der Waals surface area contributed by atoms with Gasteiger partial charge in [-0.1, -0.05) is 12.1 Å². The maximum atomic E-state index is 12.9. The normalized spacial score (nSPS) is 11.7. The van der Waals surface area contributed by atoms with Crippen LogP contribution in [0.4, 0.5) is 4.39 Å². The van der Waals surface area contributed by atoms with E-state index < -0.39 is 11.8 Å². The Morgan fingerprint density at radius 2 is 1.77 bits per heavy atom. The number of amides is 2. The molecule has 2 amide bonds. The fraction of sp³-hybridized carbons (Fsp3) is 0.188. The van der Waals surface area contributed by atoms with Crippen molar-refractivity contribution in [2.45, 2.75) is 6.42 Å². The van der Waals surface area contributed by atoms with Crippen molar-refractivity contribution in [3.8, 4) is 0 Å². The van der Waals surface area contributed by atoms with Crippen molar-refractivity contribution in [1.82, 2.24) is 10.3 Å². The predicted molar refractivity (Wildman–Crippen MR) is 79.4 cm³/mol. The number of pyridine rings is 1. The number of carbonyl (C=O) groups excluding carboxylic acids is 2. The van der Waals surface area contributed by atoms with Gasteiger partial charge in [-0.15, -0.1) is 0 Å². The molecule has 0 unspecified atom stereocenters. The number of nitrogens with zero attached hydrogens (tertiary/aromatic N) is 1. The van der Waals surface area contributed by atoms with Crippen LogP contribution in [0.25, 0.3) is 0 Å². The zero-order valence-corrected chi connectivity index (χ0v) is 11.8. The molecule has 0 aliphatic rings. The van der Waals surface area contributed by atoms with E-state index in [2.05, 4.69) is 10.3 Å². The maximum Gasteiger partial charge on any atom is 0.251 e. The van der Waals surface area contributed by atoms with Gasteiger partial charge in [0.25, 0.3) is 5.91 Å². The second-order valence-electron chi connectivity index (χ2n) is 4.88. The summed E-state index contributed by atoms with van der Waals surface area (Å²) in [6, 6.07) is 8.99. The Morgan fingerprint density at radius 1 is 1.14 bits per heavy atom. The smallest absolute Gasteiger partial charge is 0.251 e. The van der Waals surface area contributed by atoms with E-state index in [1.54, 1.807) is 24.3 Å². The molecule has 0 fully saturated rings. The van der Waals surface area contributed by atoms with Crippen LogP contribution in [0.2, 0.25) is 0 Å².